The van der Waals surface area contributed by atoms with Crippen LogP contribution >= 0.6 is 0 Å². The van der Waals surface area contributed by atoms with E-state index in [4.69, 9.17) is 9.47 Å². The topological polar surface area (TPSA) is 95.4 Å². The lowest BCUT2D eigenvalue weighted by molar-refractivity contribution is -0.122. The molecule has 0 saturated carbocycles. The van der Waals surface area contributed by atoms with Gasteiger partial charge in [0.25, 0.3) is 0 Å². The molecule has 1 amide bonds. The first-order chi connectivity index (χ1) is 18.5. The monoisotopic (exact) mass is 537 g/mol. The molecule has 3 aromatic rings. The van der Waals surface area contributed by atoms with Crippen molar-refractivity contribution in [1.82, 2.24) is 4.98 Å². The molecule has 208 valence electrons. The molecule has 1 aliphatic heterocycles. The van der Waals surface area contributed by atoms with Gasteiger partial charge in [-0.25, -0.2) is 9.37 Å². The second-order valence-corrected chi connectivity index (χ2v) is 10.5. The van der Waals surface area contributed by atoms with Crippen LogP contribution in [-0.4, -0.2) is 67.7 Å². The highest BCUT2D eigenvalue weighted by Gasteiger charge is 2.36. The van der Waals surface area contributed by atoms with Gasteiger partial charge in [-0.2, -0.15) is 0 Å². The lowest BCUT2D eigenvalue weighted by Gasteiger charge is -2.32. The van der Waals surface area contributed by atoms with Crippen LogP contribution in [0, 0.1) is 12.7 Å². The van der Waals surface area contributed by atoms with Crippen molar-refractivity contribution in [2.24, 2.45) is 0 Å². The predicted molar refractivity (Wildman–Crippen MR) is 149 cm³/mol. The fourth-order valence-corrected chi connectivity index (χ4v) is 5.17. The summed E-state index contributed by atoms with van der Waals surface area (Å²) < 4.78 is 24.9. The maximum absolute atomic E-state index is 14.0. The van der Waals surface area contributed by atoms with E-state index >= 15 is 0 Å². The van der Waals surface area contributed by atoms with Gasteiger partial charge in [-0.3, -0.25) is 4.79 Å². The van der Waals surface area contributed by atoms with Gasteiger partial charge >= 0.3 is 0 Å². The normalized spacial score (nSPS) is 17.3. The van der Waals surface area contributed by atoms with E-state index in [1.54, 1.807) is 44.5 Å². The number of likely N-dealkylation sites (N-methyl/N-ethyl adjacent to an activating group) is 1. The van der Waals surface area contributed by atoms with Crippen LogP contribution in [-0.2, 0) is 10.2 Å². The molecule has 2 unspecified atom stereocenters. The maximum Gasteiger partial charge on any atom is 0.236 e. The number of hydrogen-bond acceptors (Lipinski definition) is 7. The van der Waals surface area contributed by atoms with E-state index < -0.39 is 11.5 Å². The molecule has 0 spiro atoms. The fourth-order valence-electron chi connectivity index (χ4n) is 5.17. The minimum absolute atomic E-state index is 0.123. The molecule has 0 bridgehead atoms. The van der Waals surface area contributed by atoms with Gasteiger partial charge in [-0.15, -0.1) is 0 Å². The number of nitrogens with zero attached hydrogens (tertiary/aromatic N) is 3. The van der Waals surface area contributed by atoms with E-state index in [0.29, 0.717) is 47.1 Å². The van der Waals surface area contributed by atoms with Crippen LogP contribution in [0.5, 0.6) is 11.5 Å². The fraction of sp³-hybridized carbons (Fsp3) is 0.400. The zero-order chi connectivity index (χ0) is 28.5. The number of pyridine rings is 1. The number of carbonyl (C=O) groups excluding carboxylic acids is 1. The second-order valence-electron chi connectivity index (χ2n) is 10.5. The van der Waals surface area contributed by atoms with E-state index in [0.717, 1.165) is 11.1 Å². The number of amides is 1. The Morgan fingerprint density at radius 1 is 1.13 bits per heavy atom. The van der Waals surface area contributed by atoms with Gasteiger partial charge in [0.2, 0.25) is 5.91 Å². The number of aryl methyl sites for hydroxylation is 1. The molecule has 1 saturated heterocycles. The van der Waals surface area contributed by atoms with Crippen molar-refractivity contribution in [3.05, 3.63) is 65.6 Å². The Balaban J connectivity index is 1.81. The Hall–Kier alpha value is -3.69. The van der Waals surface area contributed by atoms with Gasteiger partial charge < -0.3 is 29.5 Å². The third-order valence-corrected chi connectivity index (χ3v) is 7.52. The van der Waals surface area contributed by atoms with Crippen molar-refractivity contribution in [2.75, 3.05) is 44.2 Å². The number of aliphatic hydroxyl groups is 2. The molecule has 1 aromatic heterocycles. The molecule has 1 aliphatic rings. The average Bonchev–Trinajstić information content (AvgIpc) is 3.32. The highest BCUT2D eigenvalue weighted by atomic mass is 19.1. The lowest BCUT2D eigenvalue weighted by Crippen LogP contribution is -2.42. The number of rotatable bonds is 8. The van der Waals surface area contributed by atoms with E-state index in [9.17, 15) is 19.4 Å². The quantitative estimate of drug-likeness (QED) is 0.447. The average molecular weight is 538 g/mol. The van der Waals surface area contributed by atoms with Gasteiger partial charge in [0.05, 0.1) is 50.3 Å². The summed E-state index contributed by atoms with van der Waals surface area (Å²) in [6.07, 6.45) is 1.47. The Kier molecular flexibility index (Phi) is 8.13. The summed E-state index contributed by atoms with van der Waals surface area (Å²) in [5.74, 6) is 1.16. The van der Waals surface area contributed by atoms with Gasteiger partial charge in [0.1, 0.15) is 23.1 Å². The zero-order valence-corrected chi connectivity index (χ0v) is 23.2. The molecule has 8 nitrogen and oxygen atoms in total. The first-order valence-corrected chi connectivity index (χ1v) is 12.8. The summed E-state index contributed by atoms with van der Waals surface area (Å²) in [5.41, 5.74) is 2.43. The molecular formula is C30H36FN3O5. The third kappa shape index (κ3) is 5.55. The molecule has 2 atom stereocenters. The standard InChI is InChI=1S/C30H36FN3O5/c1-18-9-20(31)7-8-25(18)26-14-28(34-16-22(36)12-21(34)17-35)32-15-27(26)33(4)29(37)30(2,3)19-10-23(38-5)13-24(11-19)39-6/h7-11,13-15,21-22,35-36H,12,16-17H2,1-6H3. The van der Waals surface area contributed by atoms with E-state index in [-0.39, 0.29) is 24.4 Å². The lowest BCUT2D eigenvalue weighted by atomic mass is 9.82. The number of carbonyl (C=O) groups is 1. The molecule has 1 fully saturated rings. The van der Waals surface area contributed by atoms with Crippen LogP contribution < -0.4 is 19.3 Å². The Bertz CT molecular complexity index is 1340. The number of aromatic nitrogens is 1. The largest absolute Gasteiger partial charge is 0.497 e. The summed E-state index contributed by atoms with van der Waals surface area (Å²) in [6, 6.07) is 11.5. The summed E-state index contributed by atoms with van der Waals surface area (Å²) >= 11 is 0. The Morgan fingerprint density at radius 3 is 2.38 bits per heavy atom. The van der Waals surface area contributed by atoms with Gasteiger partial charge in [0.15, 0.2) is 0 Å². The van der Waals surface area contributed by atoms with Crippen LogP contribution in [0.3, 0.4) is 0 Å². The summed E-state index contributed by atoms with van der Waals surface area (Å²) in [7, 11) is 4.81. The van der Waals surface area contributed by atoms with Gasteiger partial charge in [-0.05, 0) is 74.2 Å². The van der Waals surface area contributed by atoms with Crippen LogP contribution in [0.4, 0.5) is 15.9 Å². The van der Waals surface area contributed by atoms with Crippen molar-refractivity contribution < 1.29 is 28.9 Å². The maximum atomic E-state index is 14.0. The molecular weight excluding hydrogens is 501 g/mol. The molecule has 0 radical (unpaired) electrons. The van der Waals surface area contributed by atoms with Gasteiger partial charge in [0, 0.05) is 25.2 Å². The van der Waals surface area contributed by atoms with Gasteiger partial charge in [-0.1, -0.05) is 6.07 Å². The third-order valence-electron chi connectivity index (χ3n) is 7.52. The molecule has 39 heavy (non-hydrogen) atoms. The molecule has 2 N–H and O–H groups in total. The first-order valence-electron chi connectivity index (χ1n) is 12.8. The molecule has 2 heterocycles. The minimum atomic E-state index is -0.967. The summed E-state index contributed by atoms with van der Waals surface area (Å²) in [4.78, 5) is 22.1. The number of ether oxygens (including phenoxy) is 2. The van der Waals surface area contributed by atoms with Crippen LogP contribution in [0.2, 0.25) is 0 Å². The van der Waals surface area contributed by atoms with Crippen molar-refractivity contribution in [2.45, 2.75) is 44.8 Å². The van der Waals surface area contributed by atoms with E-state index in [2.05, 4.69) is 4.98 Å². The smallest absolute Gasteiger partial charge is 0.236 e. The highest BCUT2D eigenvalue weighted by Crippen LogP contribution is 2.39. The minimum Gasteiger partial charge on any atom is -0.497 e. The number of benzene rings is 2. The summed E-state index contributed by atoms with van der Waals surface area (Å²) in [5, 5.41) is 20.1. The van der Waals surface area contributed by atoms with Crippen LogP contribution in [0.1, 0.15) is 31.4 Å². The Labute approximate surface area is 228 Å². The molecule has 0 aliphatic carbocycles. The number of halogens is 1. The number of aliphatic hydroxyl groups excluding tert-OH is 2. The number of anilines is 2. The number of β-amino-alcohol motifs (C(OH)–C–C–N with tert-alkyl or cyclic N) is 1. The molecule has 9 heteroatoms. The predicted octanol–water partition coefficient (Wildman–Crippen LogP) is 4.09. The van der Waals surface area contributed by atoms with Crippen molar-refractivity contribution in [1.29, 1.82) is 0 Å². The summed E-state index contributed by atoms with van der Waals surface area (Å²) in [6.45, 7) is 5.69. The second kappa shape index (κ2) is 11.2. The zero-order valence-electron chi connectivity index (χ0n) is 23.2. The van der Waals surface area contributed by atoms with Crippen LogP contribution in [0.15, 0.2) is 48.7 Å². The molecule has 4 rings (SSSR count). The molecule has 2 aromatic carbocycles. The SMILES string of the molecule is COc1cc(OC)cc(C(C)(C)C(=O)N(C)c2cnc(N3CC(O)CC3CO)cc2-c2ccc(F)cc2C)c1. The highest BCUT2D eigenvalue weighted by molar-refractivity contribution is 6.03. The number of hydrogen-bond donors (Lipinski definition) is 2. The van der Waals surface area contributed by atoms with E-state index in [1.165, 1.54) is 12.1 Å². The van der Waals surface area contributed by atoms with Crippen molar-refractivity contribution >= 4 is 17.4 Å². The van der Waals surface area contributed by atoms with Crippen molar-refractivity contribution in [3.63, 3.8) is 0 Å². The van der Waals surface area contributed by atoms with Crippen LogP contribution in [0.25, 0.3) is 11.1 Å². The Morgan fingerprint density at radius 2 is 1.79 bits per heavy atom. The first kappa shape index (κ1) is 28.3. The van der Waals surface area contributed by atoms with Crippen molar-refractivity contribution in [3.8, 4) is 22.6 Å². The number of methoxy groups -OCH3 is 2. The van der Waals surface area contributed by atoms with E-state index in [1.807, 2.05) is 43.9 Å².